The number of carboxylic acids is 1. The predicted octanol–water partition coefficient (Wildman–Crippen LogP) is 0.163. The zero-order valence-corrected chi connectivity index (χ0v) is 6.06. The Balaban J connectivity index is 2.30. The molecule has 11 heavy (non-hydrogen) atoms. The maximum atomic E-state index is 13.6. The molecule has 0 radical (unpaired) electrons. The van der Waals surface area contributed by atoms with E-state index in [1.54, 1.807) is 0 Å². The van der Waals surface area contributed by atoms with E-state index in [4.69, 9.17) is 5.11 Å². The SMILES string of the molecule is O=C(O)[C@@]1(F)CNCC12CC2. The summed E-state index contributed by atoms with van der Waals surface area (Å²) in [5.74, 6) is -1.31. The maximum absolute atomic E-state index is 13.6. The zero-order chi connectivity index (χ0) is 8.11. The molecule has 2 N–H and O–H groups in total. The van der Waals surface area contributed by atoms with Crippen LogP contribution in [0.15, 0.2) is 0 Å². The molecular formula is C7H10FNO2. The number of hydrogen-bond acceptors (Lipinski definition) is 2. The Kier molecular flexibility index (Phi) is 1.12. The van der Waals surface area contributed by atoms with E-state index in [0.717, 1.165) is 0 Å². The van der Waals surface area contributed by atoms with Gasteiger partial charge in [0.05, 0.1) is 0 Å². The molecule has 0 bridgehead atoms. The first-order chi connectivity index (χ1) is 5.11. The van der Waals surface area contributed by atoms with Crippen LogP contribution < -0.4 is 5.32 Å². The Labute approximate surface area is 63.6 Å². The number of carbonyl (C=O) groups is 1. The molecule has 2 fully saturated rings. The van der Waals surface area contributed by atoms with Crippen molar-refractivity contribution in [2.45, 2.75) is 18.5 Å². The fourth-order valence-electron chi connectivity index (χ4n) is 1.83. The summed E-state index contributed by atoms with van der Waals surface area (Å²) < 4.78 is 13.6. The molecule has 2 rings (SSSR count). The lowest BCUT2D eigenvalue weighted by Gasteiger charge is -2.20. The minimum absolute atomic E-state index is 0.0255. The second kappa shape index (κ2) is 1.75. The average molecular weight is 159 g/mol. The minimum atomic E-state index is -1.99. The van der Waals surface area contributed by atoms with E-state index in [9.17, 15) is 9.18 Å². The first-order valence-corrected chi connectivity index (χ1v) is 3.74. The molecule has 2 aliphatic rings. The number of nitrogens with one attached hydrogen (secondary N) is 1. The molecule has 1 aliphatic carbocycles. The molecule has 62 valence electrons. The summed E-state index contributed by atoms with van der Waals surface area (Å²) in [4.78, 5) is 10.6. The minimum Gasteiger partial charge on any atom is -0.479 e. The number of carboxylic acid groups (broad SMARTS) is 1. The second-order valence-corrected chi connectivity index (χ2v) is 3.49. The molecule has 1 spiro atoms. The summed E-state index contributed by atoms with van der Waals surface area (Å²) in [5, 5.41) is 11.4. The first kappa shape index (κ1) is 7.03. The van der Waals surface area contributed by atoms with Crippen molar-refractivity contribution in [3.05, 3.63) is 0 Å². The van der Waals surface area contributed by atoms with Crippen LogP contribution in [-0.2, 0) is 4.79 Å². The van der Waals surface area contributed by atoms with Crippen molar-refractivity contribution in [1.29, 1.82) is 0 Å². The van der Waals surface area contributed by atoms with Crippen LogP contribution in [-0.4, -0.2) is 29.8 Å². The molecule has 3 nitrogen and oxygen atoms in total. The van der Waals surface area contributed by atoms with E-state index in [-0.39, 0.29) is 6.54 Å². The highest BCUT2D eigenvalue weighted by Gasteiger charge is 2.67. The van der Waals surface area contributed by atoms with Crippen LogP contribution in [0.3, 0.4) is 0 Å². The van der Waals surface area contributed by atoms with Crippen LogP contribution in [0.2, 0.25) is 0 Å². The molecule has 1 saturated heterocycles. The molecule has 1 heterocycles. The maximum Gasteiger partial charge on any atom is 0.343 e. The van der Waals surface area contributed by atoms with Gasteiger partial charge in [-0.1, -0.05) is 0 Å². The standard InChI is InChI=1S/C7H10FNO2/c8-7(5(10)11)4-9-3-6(7)1-2-6/h9H,1-4H2,(H,10,11)/t7-/m0/s1. The summed E-state index contributed by atoms with van der Waals surface area (Å²) >= 11 is 0. The van der Waals surface area contributed by atoms with Gasteiger partial charge in [0, 0.05) is 18.5 Å². The summed E-state index contributed by atoms with van der Waals surface area (Å²) in [6.45, 7) is 0.498. The quantitative estimate of drug-likeness (QED) is 0.573. The van der Waals surface area contributed by atoms with Gasteiger partial charge in [0.25, 0.3) is 0 Å². The topological polar surface area (TPSA) is 49.3 Å². The van der Waals surface area contributed by atoms with Crippen molar-refractivity contribution in [1.82, 2.24) is 5.32 Å². The van der Waals surface area contributed by atoms with E-state index in [1.807, 2.05) is 0 Å². The van der Waals surface area contributed by atoms with E-state index < -0.39 is 17.1 Å². The Bertz CT molecular complexity index is 214. The Morgan fingerprint density at radius 3 is 2.45 bits per heavy atom. The monoisotopic (exact) mass is 159 g/mol. The molecule has 1 atom stereocenters. The Morgan fingerprint density at radius 1 is 1.45 bits per heavy atom. The van der Waals surface area contributed by atoms with Crippen LogP contribution in [0.5, 0.6) is 0 Å². The van der Waals surface area contributed by atoms with Gasteiger partial charge in [-0.05, 0) is 12.8 Å². The molecule has 0 unspecified atom stereocenters. The van der Waals surface area contributed by atoms with Gasteiger partial charge in [-0.15, -0.1) is 0 Å². The van der Waals surface area contributed by atoms with Crippen molar-refractivity contribution in [3.63, 3.8) is 0 Å². The molecule has 4 heteroatoms. The molecule has 0 aromatic carbocycles. The third-order valence-corrected chi connectivity index (χ3v) is 2.87. The van der Waals surface area contributed by atoms with E-state index in [1.165, 1.54) is 0 Å². The Morgan fingerprint density at radius 2 is 2.09 bits per heavy atom. The average Bonchev–Trinajstić information content (AvgIpc) is 2.60. The van der Waals surface area contributed by atoms with Gasteiger partial charge in [-0.25, -0.2) is 9.18 Å². The van der Waals surface area contributed by atoms with Crippen LogP contribution in [0.25, 0.3) is 0 Å². The number of hydrogen-bond donors (Lipinski definition) is 2. The van der Waals surface area contributed by atoms with E-state index in [2.05, 4.69) is 5.32 Å². The lowest BCUT2D eigenvalue weighted by molar-refractivity contribution is -0.153. The van der Waals surface area contributed by atoms with Crippen molar-refractivity contribution >= 4 is 5.97 Å². The number of alkyl halides is 1. The highest BCUT2D eigenvalue weighted by Crippen LogP contribution is 2.57. The highest BCUT2D eigenvalue weighted by molar-refractivity contribution is 5.80. The molecule has 1 saturated carbocycles. The van der Waals surface area contributed by atoms with Gasteiger partial charge >= 0.3 is 5.97 Å². The smallest absolute Gasteiger partial charge is 0.343 e. The zero-order valence-electron chi connectivity index (χ0n) is 6.06. The molecule has 0 aromatic heterocycles. The number of halogens is 1. The van der Waals surface area contributed by atoms with Crippen molar-refractivity contribution in [3.8, 4) is 0 Å². The first-order valence-electron chi connectivity index (χ1n) is 3.74. The number of rotatable bonds is 1. The van der Waals surface area contributed by atoms with Gasteiger partial charge in [0.15, 0.2) is 0 Å². The van der Waals surface area contributed by atoms with Gasteiger partial charge in [0.2, 0.25) is 5.67 Å². The van der Waals surface area contributed by atoms with Crippen molar-refractivity contribution in [2.24, 2.45) is 5.41 Å². The normalized spacial score (nSPS) is 39.4. The predicted molar refractivity (Wildman–Crippen MR) is 36.0 cm³/mol. The van der Waals surface area contributed by atoms with E-state index in [0.29, 0.717) is 19.4 Å². The summed E-state index contributed by atoms with van der Waals surface area (Å²) in [7, 11) is 0. The fourth-order valence-corrected chi connectivity index (χ4v) is 1.83. The highest BCUT2D eigenvalue weighted by atomic mass is 19.1. The molecular weight excluding hydrogens is 149 g/mol. The second-order valence-electron chi connectivity index (χ2n) is 3.49. The lowest BCUT2D eigenvalue weighted by atomic mass is 9.90. The summed E-state index contributed by atoms with van der Waals surface area (Å²) in [6.07, 6.45) is 1.42. The van der Waals surface area contributed by atoms with Gasteiger partial charge < -0.3 is 10.4 Å². The molecule has 0 amide bonds. The third-order valence-electron chi connectivity index (χ3n) is 2.87. The third kappa shape index (κ3) is 0.677. The van der Waals surface area contributed by atoms with E-state index >= 15 is 0 Å². The summed E-state index contributed by atoms with van der Waals surface area (Å²) in [5.41, 5.74) is -2.55. The molecule has 1 aliphatic heterocycles. The fraction of sp³-hybridized carbons (Fsp3) is 0.857. The molecule has 0 aromatic rings. The van der Waals surface area contributed by atoms with Crippen LogP contribution in [0, 0.1) is 5.41 Å². The van der Waals surface area contributed by atoms with Gasteiger partial charge in [-0.3, -0.25) is 0 Å². The van der Waals surface area contributed by atoms with Crippen LogP contribution in [0.1, 0.15) is 12.8 Å². The van der Waals surface area contributed by atoms with Crippen molar-refractivity contribution < 1.29 is 14.3 Å². The van der Waals surface area contributed by atoms with Crippen LogP contribution in [0.4, 0.5) is 4.39 Å². The van der Waals surface area contributed by atoms with Gasteiger partial charge in [-0.2, -0.15) is 0 Å². The summed E-state index contributed by atoms with van der Waals surface area (Å²) in [6, 6.07) is 0. The Hall–Kier alpha value is -0.640. The van der Waals surface area contributed by atoms with Gasteiger partial charge in [0.1, 0.15) is 0 Å². The van der Waals surface area contributed by atoms with Crippen LogP contribution >= 0.6 is 0 Å². The largest absolute Gasteiger partial charge is 0.479 e. The lowest BCUT2D eigenvalue weighted by Crippen LogP contribution is -2.42. The van der Waals surface area contributed by atoms with Crippen molar-refractivity contribution in [2.75, 3.05) is 13.1 Å². The number of aliphatic carboxylic acids is 1.